The second kappa shape index (κ2) is 5.77. The standard InChI is InChI=1S/C12H14F2N2O2/c1-17-8-2-3-9-10(6-8)16-12(15-9)4-5-18-7-11(13)14/h2-3,6,11H,4-5,7H2,1H3,(H,15,16). The van der Waals surface area contributed by atoms with Gasteiger partial charge in [0.25, 0.3) is 6.43 Å². The van der Waals surface area contributed by atoms with Crippen LogP contribution in [-0.4, -0.2) is 36.7 Å². The summed E-state index contributed by atoms with van der Waals surface area (Å²) in [5.41, 5.74) is 1.68. The summed E-state index contributed by atoms with van der Waals surface area (Å²) in [5.74, 6) is 1.46. The van der Waals surface area contributed by atoms with Gasteiger partial charge in [-0.1, -0.05) is 0 Å². The molecule has 0 saturated heterocycles. The molecule has 1 aromatic carbocycles. The number of benzene rings is 1. The third-order valence-corrected chi connectivity index (χ3v) is 2.47. The summed E-state index contributed by atoms with van der Waals surface area (Å²) in [5, 5.41) is 0. The Bertz CT molecular complexity index is 514. The molecule has 0 amide bonds. The Labute approximate surface area is 103 Å². The van der Waals surface area contributed by atoms with Crippen LogP contribution in [0.15, 0.2) is 18.2 Å². The first kappa shape index (κ1) is 12.8. The highest BCUT2D eigenvalue weighted by molar-refractivity contribution is 5.76. The summed E-state index contributed by atoms with van der Waals surface area (Å²) in [6.07, 6.45) is -1.95. The van der Waals surface area contributed by atoms with E-state index in [2.05, 4.69) is 9.97 Å². The van der Waals surface area contributed by atoms with Gasteiger partial charge in [-0.25, -0.2) is 13.8 Å². The molecule has 1 N–H and O–H groups in total. The van der Waals surface area contributed by atoms with Gasteiger partial charge in [-0.05, 0) is 12.1 Å². The first-order valence-electron chi connectivity index (χ1n) is 5.57. The van der Waals surface area contributed by atoms with Crippen molar-refractivity contribution in [2.24, 2.45) is 0 Å². The van der Waals surface area contributed by atoms with E-state index in [1.807, 2.05) is 18.2 Å². The van der Waals surface area contributed by atoms with Gasteiger partial charge in [0.1, 0.15) is 18.2 Å². The molecular formula is C12H14F2N2O2. The molecule has 0 saturated carbocycles. The highest BCUT2D eigenvalue weighted by atomic mass is 19.3. The number of nitrogens with one attached hydrogen (secondary N) is 1. The number of aromatic nitrogens is 2. The third-order valence-electron chi connectivity index (χ3n) is 2.47. The number of alkyl halides is 2. The van der Waals surface area contributed by atoms with E-state index < -0.39 is 13.0 Å². The lowest BCUT2D eigenvalue weighted by Crippen LogP contribution is -2.07. The second-order valence-corrected chi connectivity index (χ2v) is 3.78. The summed E-state index contributed by atoms with van der Waals surface area (Å²) in [6, 6.07) is 5.50. The summed E-state index contributed by atoms with van der Waals surface area (Å²) in [6.45, 7) is -0.310. The van der Waals surface area contributed by atoms with Gasteiger partial charge in [0, 0.05) is 12.5 Å². The van der Waals surface area contributed by atoms with E-state index in [9.17, 15) is 8.78 Å². The first-order valence-corrected chi connectivity index (χ1v) is 5.57. The molecule has 98 valence electrons. The number of hydrogen-bond donors (Lipinski definition) is 1. The number of hydrogen-bond acceptors (Lipinski definition) is 3. The van der Waals surface area contributed by atoms with Gasteiger partial charge in [0.2, 0.25) is 0 Å². The maximum absolute atomic E-state index is 11.8. The lowest BCUT2D eigenvalue weighted by molar-refractivity contribution is 0.0183. The second-order valence-electron chi connectivity index (χ2n) is 3.78. The van der Waals surface area contributed by atoms with Gasteiger partial charge in [-0.3, -0.25) is 0 Å². The van der Waals surface area contributed by atoms with Gasteiger partial charge in [-0.15, -0.1) is 0 Å². The van der Waals surface area contributed by atoms with Crippen LogP contribution in [0.4, 0.5) is 8.78 Å². The largest absolute Gasteiger partial charge is 0.497 e. The lowest BCUT2D eigenvalue weighted by atomic mass is 10.3. The Hall–Kier alpha value is -1.69. The number of H-pyrrole nitrogens is 1. The summed E-state index contributed by atoms with van der Waals surface area (Å²) in [4.78, 5) is 7.43. The van der Waals surface area contributed by atoms with Crippen LogP contribution in [-0.2, 0) is 11.2 Å². The van der Waals surface area contributed by atoms with Crippen molar-refractivity contribution >= 4 is 11.0 Å². The average Bonchev–Trinajstić information content (AvgIpc) is 2.75. The van der Waals surface area contributed by atoms with Gasteiger partial charge >= 0.3 is 0 Å². The monoisotopic (exact) mass is 256 g/mol. The van der Waals surface area contributed by atoms with Crippen LogP contribution in [0.2, 0.25) is 0 Å². The summed E-state index contributed by atoms with van der Waals surface area (Å²) < 4.78 is 33.6. The minimum Gasteiger partial charge on any atom is -0.497 e. The first-order chi connectivity index (χ1) is 8.69. The van der Waals surface area contributed by atoms with Gasteiger partial charge in [-0.2, -0.15) is 0 Å². The molecule has 0 spiro atoms. The highest BCUT2D eigenvalue weighted by Gasteiger charge is 2.05. The molecule has 0 radical (unpaired) electrons. The Morgan fingerprint density at radius 1 is 1.39 bits per heavy atom. The van der Waals surface area contributed by atoms with Crippen molar-refractivity contribution in [3.05, 3.63) is 24.0 Å². The van der Waals surface area contributed by atoms with Crippen molar-refractivity contribution in [2.45, 2.75) is 12.8 Å². The predicted molar refractivity (Wildman–Crippen MR) is 63.2 cm³/mol. The quantitative estimate of drug-likeness (QED) is 0.807. The fourth-order valence-corrected chi connectivity index (χ4v) is 1.63. The predicted octanol–water partition coefficient (Wildman–Crippen LogP) is 2.40. The van der Waals surface area contributed by atoms with Crippen LogP contribution in [0, 0.1) is 0 Å². The van der Waals surface area contributed by atoms with E-state index >= 15 is 0 Å². The fourth-order valence-electron chi connectivity index (χ4n) is 1.63. The molecule has 0 bridgehead atoms. The molecule has 0 aliphatic rings. The van der Waals surface area contributed by atoms with Gasteiger partial charge < -0.3 is 14.5 Å². The molecule has 1 heterocycles. The molecule has 2 rings (SSSR count). The normalized spacial score (nSPS) is 11.3. The molecule has 6 heteroatoms. The zero-order valence-electron chi connectivity index (χ0n) is 9.95. The summed E-state index contributed by atoms with van der Waals surface area (Å²) in [7, 11) is 1.59. The van der Waals surface area contributed by atoms with Crippen LogP contribution in [0.3, 0.4) is 0 Å². The number of nitrogens with zero attached hydrogens (tertiary/aromatic N) is 1. The number of fused-ring (bicyclic) bond motifs is 1. The smallest absolute Gasteiger partial charge is 0.261 e. The fraction of sp³-hybridized carbons (Fsp3) is 0.417. The van der Waals surface area contributed by atoms with E-state index in [-0.39, 0.29) is 6.61 Å². The van der Waals surface area contributed by atoms with Crippen LogP contribution < -0.4 is 4.74 Å². The van der Waals surface area contributed by atoms with Crippen LogP contribution >= 0.6 is 0 Å². The Balaban J connectivity index is 1.97. The van der Waals surface area contributed by atoms with Crippen molar-refractivity contribution in [1.82, 2.24) is 9.97 Å². The van der Waals surface area contributed by atoms with Crippen molar-refractivity contribution in [2.75, 3.05) is 20.3 Å². The average molecular weight is 256 g/mol. The van der Waals surface area contributed by atoms with E-state index in [0.29, 0.717) is 12.2 Å². The molecule has 18 heavy (non-hydrogen) atoms. The van der Waals surface area contributed by atoms with Crippen molar-refractivity contribution in [3.8, 4) is 5.75 Å². The zero-order valence-corrected chi connectivity index (χ0v) is 9.95. The number of aromatic amines is 1. The lowest BCUT2D eigenvalue weighted by Gasteiger charge is -2.00. The molecule has 0 atom stereocenters. The Morgan fingerprint density at radius 2 is 2.22 bits per heavy atom. The van der Waals surface area contributed by atoms with Crippen molar-refractivity contribution in [1.29, 1.82) is 0 Å². The number of halogens is 2. The molecule has 1 aromatic heterocycles. The summed E-state index contributed by atoms with van der Waals surface area (Å²) >= 11 is 0. The zero-order chi connectivity index (χ0) is 13.0. The van der Waals surface area contributed by atoms with Gasteiger partial charge in [0.05, 0.1) is 24.8 Å². The van der Waals surface area contributed by atoms with Crippen molar-refractivity contribution in [3.63, 3.8) is 0 Å². The van der Waals surface area contributed by atoms with Crippen LogP contribution in [0.25, 0.3) is 11.0 Å². The SMILES string of the molecule is COc1ccc2nc(CCOCC(F)F)[nH]c2c1. The number of rotatable bonds is 6. The Morgan fingerprint density at radius 3 is 2.94 bits per heavy atom. The van der Waals surface area contributed by atoms with Crippen LogP contribution in [0.5, 0.6) is 5.75 Å². The molecule has 0 fully saturated rings. The van der Waals surface area contributed by atoms with E-state index in [1.54, 1.807) is 7.11 Å². The van der Waals surface area contributed by atoms with E-state index in [4.69, 9.17) is 9.47 Å². The molecule has 4 nitrogen and oxygen atoms in total. The highest BCUT2D eigenvalue weighted by Crippen LogP contribution is 2.18. The molecular weight excluding hydrogens is 242 g/mol. The molecule has 0 unspecified atom stereocenters. The molecule has 2 aromatic rings. The maximum atomic E-state index is 11.8. The third kappa shape index (κ3) is 3.16. The maximum Gasteiger partial charge on any atom is 0.261 e. The Kier molecular flexibility index (Phi) is 4.09. The van der Waals surface area contributed by atoms with Gasteiger partial charge in [0.15, 0.2) is 0 Å². The van der Waals surface area contributed by atoms with E-state index in [1.165, 1.54) is 0 Å². The molecule has 0 aliphatic heterocycles. The number of imidazole rings is 1. The minimum atomic E-state index is -2.43. The number of methoxy groups -OCH3 is 1. The topological polar surface area (TPSA) is 47.1 Å². The molecule has 0 aliphatic carbocycles. The van der Waals surface area contributed by atoms with E-state index in [0.717, 1.165) is 16.8 Å². The number of ether oxygens (including phenoxy) is 2. The van der Waals surface area contributed by atoms with Crippen molar-refractivity contribution < 1.29 is 18.3 Å². The van der Waals surface area contributed by atoms with Crippen LogP contribution in [0.1, 0.15) is 5.82 Å². The minimum absolute atomic E-state index is 0.224.